The van der Waals surface area contributed by atoms with Gasteiger partial charge in [0.25, 0.3) is 0 Å². The van der Waals surface area contributed by atoms with Crippen LogP contribution in [0.3, 0.4) is 0 Å². The second kappa shape index (κ2) is 9.50. The average molecular weight is 383 g/mol. The van der Waals surface area contributed by atoms with Crippen LogP contribution in [0.2, 0.25) is 0 Å². The zero-order chi connectivity index (χ0) is 19.8. The highest BCUT2D eigenvalue weighted by Crippen LogP contribution is 2.27. The molecule has 0 radical (unpaired) electrons. The average Bonchev–Trinajstić information content (AvgIpc) is 2.74. The van der Waals surface area contributed by atoms with Crippen LogP contribution in [0, 0.1) is 5.82 Å². The van der Waals surface area contributed by atoms with E-state index in [1.807, 2.05) is 18.2 Å². The Labute approximate surface area is 162 Å². The zero-order valence-electron chi connectivity index (χ0n) is 15.8. The maximum atomic E-state index is 12.9. The van der Waals surface area contributed by atoms with Gasteiger partial charge in [0, 0.05) is 13.1 Å². The number of halogens is 1. The van der Waals surface area contributed by atoms with E-state index in [4.69, 9.17) is 9.47 Å². The van der Waals surface area contributed by atoms with Crippen molar-refractivity contribution >= 4 is 11.8 Å². The van der Waals surface area contributed by atoms with E-state index in [9.17, 15) is 4.39 Å². The molecule has 0 saturated carbocycles. The monoisotopic (exact) mass is 383 g/mol. The third-order valence-electron chi connectivity index (χ3n) is 4.09. The number of rotatable bonds is 9. The van der Waals surface area contributed by atoms with Gasteiger partial charge in [-0.1, -0.05) is 18.2 Å². The van der Waals surface area contributed by atoms with Crippen molar-refractivity contribution in [2.24, 2.45) is 0 Å². The summed E-state index contributed by atoms with van der Waals surface area (Å²) in [6.45, 7) is 1.17. The van der Waals surface area contributed by atoms with E-state index in [1.165, 1.54) is 12.1 Å². The normalized spacial score (nSPS) is 10.4. The Balaban J connectivity index is 1.53. The molecule has 0 saturated heterocycles. The lowest BCUT2D eigenvalue weighted by Gasteiger charge is -2.11. The van der Waals surface area contributed by atoms with Crippen molar-refractivity contribution in [3.05, 3.63) is 65.6 Å². The Morgan fingerprint density at radius 3 is 2.43 bits per heavy atom. The summed E-state index contributed by atoms with van der Waals surface area (Å²) in [5.41, 5.74) is 2.04. The highest BCUT2D eigenvalue weighted by atomic mass is 19.1. The Morgan fingerprint density at radius 1 is 0.929 bits per heavy atom. The molecule has 146 valence electrons. The van der Waals surface area contributed by atoms with Crippen molar-refractivity contribution in [1.82, 2.24) is 15.2 Å². The highest BCUT2D eigenvalue weighted by Gasteiger charge is 2.06. The van der Waals surface area contributed by atoms with Crippen molar-refractivity contribution in [2.45, 2.75) is 13.0 Å². The van der Waals surface area contributed by atoms with E-state index in [-0.39, 0.29) is 5.82 Å². The number of methoxy groups -OCH3 is 2. The SMILES string of the molecule is COc1ccc(CNc2nncc(NCCc3ccc(F)cc3)n2)cc1OC. The third kappa shape index (κ3) is 5.29. The lowest BCUT2D eigenvalue weighted by molar-refractivity contribution is 0.354. The van der Waals surface area contributed by atoms with Crippen LogP contribution >= 0.6 is 0 Å². The molecule has 2 aromatic carbocycles. The number of aromatic nitrogens is 3. The van der Waals surface area contributed by atoms with Crippen LogP contribution in [0.4, 0.5) is 16.2 Å². The Hall–Kier alpha value is -3.42. The molecule has 0 aliphatic rings. The van der Waals surface area contributed by atoms with Gasteiger partial charge in [0.2, 0.25) is 5.95 Å². The van der Waals surface area contributed by atoms with Crippen molar-refractivity contribution < 1.29 is 13.9 Å². The summed E-state index contributed by atoms with van der Waals surface area (Å²) in [7, 11) is 3.20. The second-order valence-corrected chi connectivity index (χ2v) is 6.01. The second-order valence-electron chi connectivity index (χ2n) is 6.01. The standard InChI is InChI=1S/C20H22FN5O2/c1-27-17-8-5-15(11-18(17)28-2)12-23-20-25-19(13-24-26-20)22-10-9-14-3-6-16(21)7-4-14/h3-8,11,13H,9-10,12H2,1-2H3,(H2,22,23,25,26). The zero-order valence-corrected chi connectivity index (χ0v) is 15.8. The van der Waals surface area contributed by atoms with Crippen LogP contribution in [-0.4, -0.2) is 35.9 Å². The summed E-state index contributed by atoms with van der Waals surface area (Å²) in [4.78, 5) is 4.40. The summed E-state index contributed by atoms with van der Waals surface area (Å²) in [5, 5.41) is 14.3. The summed E-state index contributed by atoms with van der Waals surface area (Å²) in [5.74, 6) is 2.14. The first kappa shape index (κ1) is 19.3. The van der Waals surface area contributed by atoms with Gasteiger partial charge in [-0.05, 0) is 41.8 Å². The minimum Gasteiger partial charge on any atom is -0.493 e. The van der Waals surface area contributed by atoms with Gasteiger partial charge >= 0.3 is 0 Å². The quantitative estimate of drug-likeness (QED) is 0.587. The molecular formula is C20H22FN5O2. The van der Waals surface area contributed by atoms with Gasteiger partial charge in [0.1, 0.15) is 5.82 Å². The number of benzene rings is 2. The molecule has 3 aromatic rings. The maximum absolute atomic E-state index is 12.9. The highest BCUT2D eigenvalue weighted by molar-refractivity contribution is 5.44. The van der Waals surface area contributed by atoms with Crippen LogP contribution < -0.4 is 20.1 Å². The van der Waals surface area contributed by atoms with Crippen molar-refractivity contribution in [3.8, 4) is 11.5 Å². The van der Waals surface area contributed by atoms with Gasteiger partial charge < -0.3 is 20.1 Å². The Morgan fingerprint density at radius 2 is 1.68 bits per heavy atom. The van der Waals surface area contributed by atoms with E-state index >= 15 is 0 Å². The number of anilines is 2. The molecule has 7 nitrogen and oxygen atoms in total. The third-order valence-corrected chi connectivity index (χ3v) is 4.09. The molecule has 0 aliphatic carbocycles. The van der Waals surface area contributed by atoms with E-state index in [0.717, 1.165) is 17.5 Å². The van der Waals surface area contributed by atoms with Crippen LogP contribution in [0.25, 0.3) is 0 Å². The topological polar surface area (TPSA) is 81.2 Å². The molecule has 0 fully saturated rings. The van der Waals surface area contributed by atoms with Crippen LogP contribution in [0.5, 0.6) is 11.5 Å². The molecule has 0 aliphatic heterocycles. The van der Waals surface area contributed by atoms with Crippen LogP contribution in [-0.2, 0) is 13.0 Å². The minimum atomic E-state index is -0.234. The fraction of sp³-hybridized carbons (Fsp3) is 0.250. The molecule has 1 heterocycles. The van der Waals surface area contributed by atoms with Gasteiger partial charge in [0.15, 0.2) is 17.3 Å². The van der Waals surface area contributed by atoms with Crippen LogP contribution in [0.15, 0.2) is 48.7 Å². The smallest absolute Gasteiger partial charge is 0.244 e. The summed E-state index contributed by atoms with van der Waals surface area (Å²) in [6, 6.07) is 12.1. The fourth-order valence-electron chi connectivity index (χ4n) is 2.62. The number of hydrogen-bond acceptors (Lipinski definition) is 7. The van der Waals surface area contributed by atoms with Crippen molar-refractivity contribution in [3.63, 3.8) is 0 Å². The fourth-order valence-corrected chi connectivity index (χ4v) is 2.62. The number of ether oxygens (including phenoxy) is 2. The summed E-state index contributed by atoms with van der Waals surface area (Å²) >= 11 is 0. The van der Waals surface area contributed by atoms with E-state index < -0.39 is 0 Å². The number of nitrogens with zero attached hydrogens (tertiary/aromatic N) is 3. The lowest BCUT2D eigenvalue weighted by atomic mass is 10.1. The molecule has 28 heavy (non-hydrogen) atoms. The molecule has 0 atom stereocenters. The summed E-state index contributed by atoms with van der Waals surface area (Å²) in [6.07, 6.45) is 2.31. The first-order valence-electron chi connectivity index (χ1n) is 8.81. The Bertz CT molecular complexity index is 905. The molecule has 0 amide bonds. The summed E-state index contributed by atoms with van der Waals surface area (Å²) < 4.78 is 23.5. The van der Waals surface area contributed by atoms with Gasteiger partial charge in [-0.25, -0.2) is 4.39 Å². The number of hydrogen-bond donors (Lipinski definition) is 2. The van der Waals surface area contributed by atoms with Gasteiger partial charge in [-0.15, -0.1) is 5.10 Å². The van der Waals surface area contributed by atoms with Crippen molar-refractivity contribution in [1.29, 1.82) is 0 Å². The lowest BCUT2D eigenvalue weighted by Crippen LogP contribution is -2.10. The molecule has 1 aromatic heterocycles. The number of nitrogens with one attached hydrogen (secondary N) is 2. The van der Waals surface area contributed by atoms with E-state index in [1.54, 1.807) is 32.5 Å². The maximum Gasteiger partial charge on any atom is 0.244 e. The van der Waals surface area contributed by atoms with Crippen LogP contribution in [0.1, 0.15) is 11.1 Å². The first-order valence-corrected chi connectivity index (χ1v) is 8.81. The minimum absolute atomic E-state index is 0.234. The van der Waals surface area contributed by atoms with Crippen molar-refractivity contribution in [2.75, 3.05) is 31.4 Å². The van der Waals surface area contributed by atoms with Gasteiger partial charge in [0.05, 0.1) is 20.4 Å². The molecule has 0 spiro atoms. The molecule has 0 bridgehead atoms. The molecule has 8 heteroatoms. The largest absolute Gasteiger partial charge is 0.493 e. The van der Waals surface area contributed by atoms with E-state index in [0.29, 0.717) is 36.4 Å². The Kier molecular flexibility index (Phi) is 6.56. The first-order chi connectivity index (χ1) is 13.7. The predicted molar refractivity (Wildman–Crippen MR) is 105 cm³/mol. The molecular weight excluding hydrogens is 361 g/mol. The van der Waals surface area contributed by atoms with Gasteiger partial charge in [-0.3, -0.25) is 0 Å². The van der Waals surface area contributed by atoms with Gasteiger partial charge in [-0.2, -0.15) is 10.1 Å². The molecule has 3 rings (SSSR count). The molecule has 2 N–H and O–H groups in total. The molecule has 0 unspecified atom stereocenters. The predicted octanol–water partition coefficient (Wildman–Crippen LogP) is 3.29. The van der Waals surface area contributed by atoms with E-state index in [2.05, 4.69) is 25.8 Å².